The van der Waals surface area contributed by atoms with E-state index in [4.69, 9.17) is 9.84 Å². The van der Waals surface area contributed by atoms with Gasteiger partial charge >= 0.3 is 0 Å². The molecule has 0 heterocycles. The second kappa shape index (κ2) is 7.45. The highest BCUT2D eigenvalue weighted by Crippen LogP contribution is 2.21. The Hall–Kier alpha value is -1.14. The molecule has 0 radical (unpaired) electrons. The number of aliphatic hydroxyl groups excluding tert-OH is 1. The summed E-state index contributed by atoms with van der Waals surface area (Å²) >= 11 is 3.13. The molecule has 0 aliphatic carbocycles. The first kappa shape index (κ1) is 15.9. The van der Waals surface area contributed by atoms with Crippen LogP contribution in [0.1, 0.15) is 13.8 Å². The maximum absolute atomic E-state index is 13.4. The van der Waals surface area contributed by atoms with E-state index in [1.807, 2.05) is 13.8 Å². The van der Waals surface area contributed by atoms with E-state index in [0.717, 1.165) is 0 Å². The molecule has 1 aromatic rings. The molecule has 19 heavy (non-hydrogen) atoms. The number of ether oxygens (including phenoxy) is 1. The van der Waals surface area contributed by atoms with E-state index in [9.17, 15) is 9.18 Å². The van der Waals surface area contributed by atoms with Gasteiger partial charge in [0.25, 0.3) is 5.91 Å². The van der Waals surface area contributed by atoms with Crippen LogP contribution in [0.15, 0.2) is 22.7 Å². The van der Waals surface area contributed by atoms with Gasteiger partial charge < -0.3 is 15.2 Å². The van der Waals surface area contributed by atoms with Crippen LogP contribution in [-0.2, 0) is 4.79 Å². The molecule has 106 valence electrons. The summed E-state index contributed by atoms with van der Waals surface area (Å²) in [5, 5.41) is 11.7. The van der Waals surface area contributed by atoms with E-state index >= 15 is 0 Å². The third kappa shape index (κ3) is 5.16. The third-order valence-electron chi connectivity index (χ3n) is 2.60. The average molecular weight is 334 g/mol. The zero-order valence-corrected chi connectivity index (χ0v) is 12.4. The molecule has 0 fully saturated rings. The molecule has 0 spiro atoms. The molecule has 0 saturated heterocycles. The van der Waals surface area contributed by atoms with E-state index in [1.54, 1.807) is 6.07 Å². The summed E-state index contributed by atoms with van der Waals surface area (Å²) in [7, 11) is 0. The van der Waals surface area contributed by atoms with Crippen LogP contribution in [0.4, 0.5) is 4.39 Å². The number of hydrogen-bond acceptors (Lipinski definition) is 3. The number of benzene rings is 1. The Kier molecular flexibility index (Phi) is 6.24. The molecule has 6 heteroatoms. The van der Waals surface area contributed by atoms with Crippen LogP contribution in [0.5, 0.6) is 5.75 Å². The number of halogens is 2. The molecule has 0 aliphatic heterocycles. The first-order chi connectivity index (χ1) is 8.93. The zero-order valence-electron chi connectivity index (χ0n) is 10.8. The van der Waals surface area contributed by atoms with Crippen molar-refractivity contribution in [3.05, 3.63) is 28.5 Å². The molecule has 0 saturated carbocycles. The maximum atomic E-state index is 13.4. The lowest BCUT2D eigenvalue weighted by molar-refractivity contribution is -0.124. The van der Waals surface area contributed by atoms with Crippen molar-refractivity contribution < 1.29 is 19.0 Å². The van der Waals surface area contributed by atoms with Crippen LogP contribution in [0, 0.1) is 11.7 Å². The van der Waals surface area contributed by atoms with E-state index in [0.29, 0.717) is 4.47 Å². The van der Waals surface area contributed by atoms with Crippen molar-refractivity contribution in [2.75, 3.05) is 13.2 Å². The van der Waals surface area contributed by atoms with Gasteiger partial charge in [0.1, 0.15) is 0 Å². The molecule has 1 aromatic carbocycles. The Morgan fingerprint density at radius 1 is 1.53 bits per heavy atom. The predicted molar refractivity (Wildman–Crippen MR) is 73.4 cm³/mol. The van der Waals surface area contributed by atoms with Crippen molar-refractivity contribution in [2.24, 2.45) is 5.92 Å². The van der Waals surface area contributed by atoms with Gasteiger partial charge in [-0.1, -0.05) is 29.8 Å². The minimum atomic E-state index is -0.537. The van der Waals surface area contributed by atoms with E-state index < -0.39 is 11.7 Å². The molecule has 1 rings (SSSR count). The molecule has 2 N–H and O–H groups in total. The first-order valence-corrected chi connectivity index (χ1v) is 6.71. The summed E-state index contributed by atoms with van der Waals surface area (Å²) in [6, 6.07) is 4.00. The minimum Gasteiger partial charge on any atom is -0.481 e. The minimum absolute atomic E-state index is 0.0171. The quantitative estimate of drug-likeness (QED) is 0.838. The second-order valence-corrected chi connectivity index (χ2v) is 5.38. The lowest BCUT2D eigenvalue weighted by Crippen LogP contribution is -2.43. The van der Waals surface area contributed by atoms with Crippen LogP contribution in [0.2, 0.25) is 0 Å². The molecular formula is C13H17BrFNO3. The van der Waals surface area contributed by atoms with Gasteiger partial charge in [0.15, 0.2) is 18.2 Å². The summed E-state index contributed by atoms with van der Waals surface area (Å²) in [5.74, 6) is -0.804. The Morgan fingerprint density at radius 2 is 2.21 bits per heavy atom. The van der Waals surface area contributed by atoms with E-state index in [1.165, 1.54) is 12.1 Å². The number of carbonyl (C=O) groups is 1. The van der Waals surface area contributed by atoms with Crippen LogP contribution < -0.4 is 10.1 Å². The van der Waals surface area contributed by atoms with Gasteiger partial charge in [-0.2, -0.15) is 0 Å². The molecule has 0 bridgehead atoms. The Labute approximate surface area is 120 Å². The zero-order chi connectivity index (χ0) is 14.4. The first-order valence-electron chi connectivity index (χ1n) is 5.92. The molecule has 0 aliphatic rings. The van der Waals surface area contributed by atoms with Crippen LogP contribution >= 0.6 is 15.9 Å². The smallest absolute Gasteiger partial charge is 0.258 e. The second-order valence-electron chi connectivity index (χ2n) is 4.46. The number of amides is 1. The van der Waals surface area contributed by atoms with Gasteiger partial charge in [0.2, 0.25) is 0 Å². The fourth-order valence-electron chi connectivity index (χ4n) is 1.41. The van der Waals surface area contributed by atoms with Crippen molar-refractivity contribution in [2.45, 2.75) is 19.9 Å². The normalized spacial score (nSPS) is 12.3. The highest BCUT2D eigenvalue weighted by atomic mass is 79.9. The molecule has 4 nitrogen and oxygen atoms in total. The van der Waals surface area contributed by atoms with Crippen molar-refractivity contribution in [3.63, 3.8) is 0 Å². The maximum Gasteiger partial charge on any atom is 0.258 e. The van der Waals surface area contributed by atoms with Gasteiger partial charge in [-0.3, -0.25) is 4.79 Å². The van der Waals surface area contributed by atoms with Crippen molar-refractivity contribution in [3.8, 4) is 5.75 Å². The fraction of sp³-hybridized carbons (Fsp3) is 0.462. The van der Waals surface area contributed by atoms with Crippen LogP contribution in [0.25, 0.3) is 0 Å². The highest BCUT2D eigenvalue weighted by Gasteiger charge is 2.15. The van der Waals surface area contributed by atoms with Gasteiger partial charge in [-0.05, 0) is 24.1 Å². The monoisotopic (exact) mass is 333 g/mol. The fourth-order valence-corrected chi connectivity index (χ4v) is 1.74. The Bertz CT molecular complexity index is 440. The summed E-state index contributed by atoms with van der Waals surface area (Å²) in [6.07, 6.45) is 0. The standard InChI is InChI=1S/C13H17BrFNO3/c1-8(2)11(6-17)16-13(18)7-19-12-4-3-9(14)5-10(12)15/h3-5,8,11,17H,6-7H2,1-2H3,(H,16,18)/t11-/m1/s1. The number of aliphatic hydroxyl groups is 1. The van der Waals surface area contributed by atoms with Gasteiger partial charge in [0, 0.05) is 4.47 Å². The summed E-state index contributed by atoms with van der Waals surface area (Å²) in [5.41, 5.74) is 0. The van der Waals surface area contributed by atoms with Crippen molar-refractivity contribution in [1.82, 2.24) is 5.32 Å². The number of hydrogen-bond donors (Lipinski definition) is 2. The summed E-state index contributed by atoms with van der Waals surface area (Å²) < 4.78 is 19.1. The van der Waals surface area contributed by atoms with Gasteiger partial charge in [-0.25, -0.2) is 4.39 Å². The van der Waals surface area contributed by atoms with E-state index in [2.05, 4.69) is 21.2 Å². The number of rotatable bonds is 6. The van der Waals surface area contributed by atoms with Crippen molar-refractivity contribution >= 4 is 21.8 Å². The molecule has 0 unspecified atom stereocenters. The summed E-state index contributed by atoms with van der Waals surface area (Å²) in [4.78, 5) is 11.6. The molecule has 1 amide bonds. The van der Waals surface area contributed by atoms with E-state index in [-0.39, 0.29) is 30.9 Å². The van der Waals surface area contributed by atoms with Crippen molar-refractivity contribution in [1.29, 1.82) is 0 Å². The lowest BCUT2D eigenvalue weighted by Gasteiger charge is -2.19. The van der Waals surface area contributed by atoms with Gasteiger partial charge in [0.05, 0.1) is 12.6 Å². The largest absolute Gasteiger partial charge is 0.481 e. The Morgan fingerprint density at radius 3 is 2.74 bits per heavy atom. The average Bonchev–Trinajstić information content (AvgIpc) is 2.34. The third-order valence-corrected chi connectivity index (χ3v) is 3.09. The summed E-state index contributed by atoms with van der Waals surface area (Å²) in [6.45, 7) is 3.34. The molecule has 0 aromatic heterocycles. The lowest BCUT2D eigenvalue weighted by atomic mass is 10.1. The Balaban J connectivity index is 2.50. The van der Waals surface area contributed by atoms with Crippen LogP contribution in [0.3, 0.4) is 0 Å². The number of nitrogens with one attached hydrogen (secondary N) is 1. The topological polar surface area (TPSA) is 58.6 Å². The van der Waals surface area contributed by atoms with Crippen LogP contribution in [-0.4, -0.2) is 30.3 Å². The predicted octanol–water partition coefficient (Wildman–Crippen LogP) is 2.10. The molecule has 1 atom stereocenters. The van der Waals surface area contributed by atoms with Gasteiger partial charge in [-0.15, -0.1) is 0 Å². The number of carbonyl (C=O) groups excluding carboxylic acids is 1. The molecular weight excluding hydrogens is 317 g/mol. The SMILES string of the molecule is CC(C)[C@@H](CO)NC(=O)COc1ccc(Br)cc1F. The highest BCUT2D eigenvalue weighted by molar-refractivity contribution is 9.10.